The van der Waals surface area contributed by atoms with Crippen LogP contribution in [0.4, 0.5) is 0 Å². The molecule has 21 heavy (non-hydrogen) atoms. The van der Waals surface area contributed by atoms with E-state index in [1.807, 2.05) is 0 Å². The molecule has 1 N–H and O–H groups in total. The number of carbonyl (C=O) groups is 1. The van der Waals surface area contributed by atoms with Crippen LogP contribution >= 0.6 is 0 Å². The molecule has 1 atom stereocenters. The summed E-state index contributed by atoms with van der Waals surface area (Å²) in [6.07, 6.45) is 0. The molecule has 1 aromatic carbocycles. The second kappa shape index (κ2) is 6.59. The molecule has 1 heterocycles. The molecule has 0 radical (unpaired) electrons. The van der Waals surface area contributed by atoms with Crippen molar-refractivity contribution in [3.8, 4) is 0 Å². The van der Waals surface area contributed by atoms with Gasteiger partial charge in [-0.05, 0) is 32.4 Å². The largest absolute Gasteiger partial charge is 0.465 e. The number of rotatable bonds is 5. The molecule has 0 aliphatic carbocycles. The molecule has 0 bridgehead atoms. The van der Waals surface area contributed by atoms with Crippen molar-refractivity contribution in [2.45, 2.75) is 33.4 Å². The minimum Gasteiger partial charge on any atom is -0.465 e. The fourth-order valence-corrected chi connectivity index (χ4v) is 2.17. The van der Waals surface area contributed by atoms with Crippen molar-refractivity contribution >= 4 is 5.97 Å². The number of hydrogen-bond acceptors (Lipinski definition) is 4. The highest BCUT2D eigenvalue weighted by atomic mass is 16.5. The van der Waals surface area contributed by atoms with E-state index in [2.05, 4.69) is 43.4 Å². The van der Waals surface area contributed by atoms with Crippen molar-refractivity contribution in [1.82, 2.24) is 5.32 Å². The Kier molecular flexibility index (Phi) is 4.81. The number of furan rings is 1. The Balaban J connectivity index is 1.99. The molecule has 0 amide bonds. The maximum Gasteiger partial charge on any atom is 0.341 e. The lowest BCUT2D eigenvalue weighted by Gasteiger charge is -2.13. The average molecular weight is 287 g/mol. The van der Waals surface area contributed by atoms with Gasteiger partial charge in [0.15, 0.2) is 0 Å². The minimum absolute atomic E-state index is 0.206. The van der Waals surface area contributed by atoms with Crippen LogP contribution < -0.4 is 5.32 Å². The Morgan fingerprint density at radius 3 is 2.57 bits per heavy atom. The summed E-state index contributed by atoms with van der Waals surface area (Å²) in [5.74, 6) is 0.947. The maximum absolute atomic E-state index is 11.5. The molecule has 4 heteroatoms. The molecule has 2 aromatic rings. The van der Waals surface area contributed by atoms with E-state index in [-0.39, 0.29) is 12.0 Å². The van der Waals surface area contributed by atoms with Gasteiger partial charge in [-0.3, -0.25) is 0 Å². The van der Waals surface area contributed by atoms with E-state index in [0.29, 0.717) is 17.9 Å². The molecule has 0 spiro atoms. The summed E-state index contributed by atoms with van der Waals surface area (Å²) in [6.45, 7) is 6.50. The van der Waals surface area contributed by atoms with E-state index in [1.165, 1.54) is 18.2 Å². The molecule has 0 saturated heterocycles. The first kappa shape index (κ1) is 15.3. The zero-order valence-corrected chi connectivity index (χ0v) is 12.9. The molecular formula is C17H21NO3. The van der Waals surface area contributed by atoms with Crippen LogP contribution in [-0.2, 0) is 11.3 Å². The molecular weight excluding hydrogens is 266 g/mol. The van der Waals surface area contributed by atoms with Crippen LogP contribution in [0.1, 0.15) is 46.0 Å². The summed E-state index contributed by atoms with van der Waals surface area (Å²) in [4.78, 5) is 11.5. The Labute approximate surface area is 125 Å². The van der Waals surface area contributed by atoms with Gasteiger partial charge in [-0.1, -0.05) is 29.8 Å². The molecule has 1 aromatic heterocycles. The van der Waals surface area contributed by atoms with Gasteiger partial charge >= 0.3 is 5.97 Å². The fourth-order valence-electron chi connectivity index (χ4n) is 2.17. The van der Waals surface area contributed by atoms with E-state index < -0.39 is 0 Å². The number of ether oxygens (including phenoxy) is 1. The summed E-state index contributed by atoms with van der Waals surface area (Å²) in [5.41, 5.74) is 2.95. The summed E-state index contributed by atoms with van der Waals surface area (Å²) < 4.78 is 10.3. The molecule has 2 rings (SSSR count). The predicted octanol–water partition coefficient (Wildman–Crippen LogP) is 3.53. The van der Waals surface area contributed by atoms with E-state index in [4.69, 9.17) is 9.15 Å². The van der Waals surface area contributed by atoms with Crippen LogP contribution in [-0.4, -0.2) is 13.1 Å². The van der Waals surface area contributed by atoms with E-state index in [0.717, 1.165) is 5.76 Å². The van der Waals surface area contributed by atoms with Crippen molar-refractivity contribution in [3.05, 3.63) is 58.5 Å². The maximum atomic E-state index is 11.5. The van der Waals surface area contributed by atoms with Crippen LogP contribution in [0.5, 0.6) is 0 Å². The number of methoxy groups -OCH3 is 1. The smallest absolute Gasteiger partial charge is 0.341 e. The highest BCUT2D eigenvalue weighted by Crippen LogP contribution is 2.18. The standard InChI is InChI=1S/C17H21NO3/c1-11-5-7-14(8-6-11)12(2)18-10-15-9-16(13(3)21-15)17(19)20-4/h5-9,12,18H,10H2,1-4H3/t12-/m0/s1. The van der Waals surface area contributed by atoms with Gasteiger partial charge in [0.2, 0.25) is 0 Å². The first-order valence-corrected chi connectivity index (χ1v) is 6.99. The third-order valence-electron chi connectivity index (χ3n) is 3.53. The molecule has 112 valence electrons. The highest BCUT2D eigenvalue weighted by molar-refractivity contribution is 5.90. The Morgan fingerprint density at radius 2 is 1.95 bits per heavy atom. The quantitative estimate of drug-likeness (QED) is 0.855. The van der Waals surface area contributed by atoms with E-state index in [1.54, 1.807) is 13.0 Å². The second-order valence-electron chi connectivity index (χ2n) is 5.19. The third-order valence-corrected chi connectivity index (χ3v) is 3.53. The molecule has 0 aliphatic rings. The van der Waals surface area contributed by atoms with Gasteiger partial charge in [0.25, 0.3) is 0 Å². The number of esters is 1. The molecule has 0 fully saturated rings. The fraction of sp³-hybridized carbons (Fsp3) is 0.353. The highest BCUT2D eigenvalue weighted by Gasteiger charge is 2.15. The zero-order valence-electron chi connectivity index (χ0n) is 12.9. The van der Waals surface area contributed by atoms with Crippen molar-refractivity contribution in [2.75, 3.05) is 7.11 Å². The van der Waals surface area contributed by atoms with Crippen molar-refractivity contribution < 1.29 is 13.9 Å². The normalized spacial score (nSPS) is 12.2. The van der Waals surface area contributed by atoms with Crippen LogP contribution in [0.2, 0.25) is 0 Å². The van der Waals surface area contributed by atoms with Crippen molar-refractivity contribution in [2.24, 2.45) is 0 Å². The first-order valence-electron chi connectivity index (χ1n) is 6.99. The van der Waals surface area contributed by atoms with Gasteiger partial charge in [-0.2, -0.15) is 0 Å². The number of hydrogen-bond donors (Lipinski definition) is 1. The average Bonchev–Trinajstić information content (AvgIpc) is 2.86. The lowest BCUT2D eigenvalue weighted by atomic mass is 10.1. The predicted molar refractivity (Wildman–Crippen MR) is 81.2 cm³/mol. The van der Waals surface area contributed by atoms with Crippen molar-refractivity contribution in [3.63, 3.8) is 0 Å². The SMILES string of the molecule is COC(=O)c1cc(CN[C@@H](C)c2ccc(C)cc2)oc1C. The molecule has 0 unspecified atom stereocenters. The summed E-state index contributed by atoms with van der Waals surface area (Å²) in [5, 5.41) is 3.39. The Morgan fingerprint density at radius 1 is 1.29 bits per heavy atom. The van der Waals surface area contributed by atoms with Gasteiger partial charge in [-0.25, -0.2) is 4.79 Å². The number of aryl methyl sites for hydroxylation is 2. The second-order valence-corrected chi connectivity index (χ2v) is 5.19. The zero-order chi connectivity index (χ0) is 15.4. The van der Waals surface area contributed by atoms with E-state index >= 15 is 0 Å². The van der Waals surface area contributed by atoms with Gasteiger partial charge in [0.05, 0.1) is 13.7 Å². The summed E-state index contributed by atoms with van der Waals surface area (Å²) in [6, 6.07) is 10.4. The lowest BCUT2D eigenvalue weighted by molar-refractivity contribution is 0.0599. The third kappa shape index (κ3) is 3.73. The van der Waals surface area contributed by atoms with Crippen LogP contribution in [0.15, 0.2) is 34.7 Å². The van der Waals surface area contributed by atoms with Gasteiger partial charge in [-0.15, -0.1) is 0 Å². The van der Waals surface area contributed by atoms with Crippen LogP contribution in [0, 0.1) is 13.8 Å². The van der Waals surface area contributed by atoms with Crippen molar-refractivity contribution in [1.29, 1.82) is 0 Å². The monoisotopic (exact) mass is 287 g/mol. The molecule has 0 saturated carbocycles. The minimum atomic E-state index is -0.367. The summed E-state index contributed by atoms with van der Waals surface area (Å²) in [7, 11) is 1.37. The van der Waals surface area contributed by atoms with Gasteiger partial charge in [0, 0.05) is 6.04 Å². The van der Waals surface area contributed by atoms with Gasteiger partial charge < -0.3 is 14.5 Å². The van der Waals surface area contributed by atoms with Gasteiger partial charge in [0.1, 0.15) is 17.1 Å². The number of nitrogens with one attached hydrogen (secondary N) is 1. The van der Waals surface area contributed by atoms with Crippen LogP contribution in [0.3, 0.4) is 0 Å². The summed E-state index contributed by atoms with van der Waals surface area (Å²) >= 11 is 0. The topological polar surface area (TPSA) is 51.5 Å². The van der Waals surface area contributed by atoms with Crippen LogP contribution in [0.25, 0.3) is 0 Å². The molecule has 4 nitrogen and oxygen atoms in total. The number of carbonyl (C=O) groups excluding carboxylic acids is 1. The lowest BCUT2D eigenvalue weighted by Crippen LogP contribution is -2.17. The Bertz CT molecular complexity index is 613. The van der Waals surface area contributed by atoms with E-state index in [9.17, 15) is 4.79 Å². The molecule has 0 aliphatic heterocycles. The first-order chi connectivity index (χ1) is 10.0. The Hall–Kier alpha value is -2.07. The number of benzene rings is 1.